The zero-order chi connectivity index (χ0) is 20.1. The second kappa shape index (κ2) is 8.78. The van der Waals surface area contributed by atoms with Crippen LogP contribution >= 0.6 is 0 Å². The molecule has 0 saturated heterocycles. The van der Waals surface area contributed by atoms with E-state index in [4.69, 9.17) is 0 Å². The van der Waals surface area contributed by atoms with Crippen LogP contribution in [0.4, 0.5) is 5.69 Å². The molecule has 1 saturated carbocycles. The Balaban J connectivity index is 1.74. The molecule has 28 heavy (non-hydrogen) atoms. The normalized spacial score (nSPS) is 15.2. The first kappa shape index (κ1) is 20.4. The van der Waals surface area contributed by atoms with E-state index in [1.807, 2.05) is 31.2 Å². The zero-order valence-electron chi connectivity index (χ0n) is 16.5. The number of hydrogen-bond acceptors (Lipinski definition) is 3. The van der Waals surface area contributed by atoms with Crippen molar-refractivity contribution in [1.29, 1.82) is 0 Å². The van der Waals surface area contributed by atoms with Gasteiger partial charge in [-0.2, -0.15) is 0 Å². The molecule has 1 aliphatic carbocycles. The predicted octanol–water partition coefficient (Wildman–Crippen LogP) is 4.02. The predicted molar refractivity (Wildman–Crippen MR) is 113 cm³/mol. The topological polar surface area (TPSA) is 66.5 Å². The van der Waals surface area contributed by atoms with Crippen molar-refractivity contribution >= 4 is 21.6 Å². The van der Waals surface area contributed by atoms with E-state index in [0.717, 1.165) is 36.8 Å². The third-order valence-electron chi connectivity index (χ3n) is 5.20. The van der Waals surface area contributed by atoms with Gasteiger partial charge in [-0.1, -0.05) is 49.1 Å². The lowest BCUT2D eigenvalue weighted by atomic mass is 9.95. The molecule has 150 valence electrons. The first-order chi connectivity index (χ1) is 13.3. The number of carbonyl (C=O) groups excluding carboxylic acids is 1. The Morgan fingerprint density at radius 2 is 1.61 bits per heavy atom. The van der Waals surface area contributed by atoms with E-state index < -0.39 is 10.0 Å². The van der Waals surface area contributed by atoms with E-state index in [1.54, 1.807) is 24.3 Å². The van der Waals surface area contributed by atoms with Crippen LogP contribution in [0.2, 0.25) is 0 Å². The molecule has 1 amide bonds. The Labute approximate surface area is 167 Å². The summed E-state index contributed by atoms with van der Waals surface area (Å²) in [7, 11) is -3.45. The maximum absolute atomic E-state index is 12.5. The van der Waals surface area contributed by atoms with E-state index in [1.165, 1.54) is 17.0 Å². The molecule has 5 nitrogen and oxygen atoms in total. The third-order valence-corrected chi connectivity index (χ3v) is 6.35. The number of aryl methyl sites for hydroxylation is 1. The van der Waals surface area contributed by atoms with Gasteiger partial charge in [-0.15, -0.1) is 0 Å². The number of rotatable bonds is 6. The number of benzene rings is 2. The number of nitrogens with zero attached hydrogens (tertiary/aromatic N) is 1. The summed E-state index contributed by atoms with van der Waals surface area (Å²) in [4.78, 5) is 12.5. The second-order valence-corrected chi connectivity index (χ2v) is 9.52. The monoisotopic (exact) mass is 400 g/mol. The van der Waals surface area contributed by atoms with Crippen molar-refractivity contribution in [2.45, 2.75) is 51.6 Å². The molecule has 0 aromatic heterocycles. The summed E-state index contributed by atoms with van der Waals surface area (Å²) in [6.45, 7) is 2.25. The van der Waals surface area contributed by atoms with E-state index in [-0.39, 0.29) is 18.5 Å². The van der Waals surface area contributed by atoms with Gasteiger partial charge in [0.05, 0.1) is 18.5 Å². The van der Waals surface area contributed by atoms with Gasteiger partial charge in [0.25, 0.3) is 5.91 Å². The molecule has 0 atom stereocenters. The molecule has 2 aromatic rings. The van der Waals surface area contributed by atoms with Gasteiger partial charge in [0, 0.05) is 11.6 Å². The van der Waals surface area contributed by atoms with Crippen LogP contribution in [0.25, 0.3) is 0 Å². The van der Waals surface area contributed by atoms with Gasteiger partial charge in [-0.05, 0) is 49.6 Å². The highest BCUT2D eigenvalue weighted by atomic mass is 32.2. The molecule has 0 heterocycles. The minimum Gasteiger partial charge on any atom is -0.349 e. The summed E-state index contributed by atoms with van der Waals surface area (Å²) in [6.07, 6.45) is 6.82. The Bertz CT molecular complexity index is 900. The minimum absolute atomic E-state index is 0.0945. The highest BCUT2D eigenvalue weighted by molar-refractivity contribution is 7.92. The smallest absolute Gasteiger partial charge is 0.251 e. The standard InChI is InChI=1S/C22H28N2O3S/c1-17-8-10-18(11-9-17)16-24(28(2,26)27)21-14-12-19(13-15-21)22(25)23-20-6-4-3-5-7-20/h8-15,20H,3-7,16H2,1-2H3,(H,23,25). The molecular weight excluding hydrogens is 372 g/mol. The molecule has 0 spiro atoms. The first-order valence-electron chi connectivity index (χ1n) is 9.77. The molecule has 0 unspecified atom stereocenters. The van der Waals surface area contributed by atoms with E-state index in [9.17, 15) is 13.2 Å². The fourth-order valence-electron chi connectivity index (χ4n) is 3.55. The summed E-state index contributed by atoms with van der Waals surface area (Å²) in [5.41, 5.74) is 3.15. The summed E-state index contributed by atoms with van der Waals surface area (Å²) in [6, 6.07) is 14.8. The number of hydrogen-bond donors (Lipinski definition) is 1. The molecule has 6 heteroatoms. The van der Waals surface area contributed by atoms with Crippen LogP contribution in [-0.2, 0) is 16.6 Å². The Morgan fingerprint density at radius 1 is 1.00 bits per heavy atom. The Kier molecular flexibility index (Phi) is 6.39. The van der Waals surface area contributed by atoms with Crippen LogP contribution < -0.4 is 9.62 Å². The Hall–Kier alpha value is -2.34. The first-order valence-corrected chi connectivity index (χ1v) is 11.6. The fraction of sp³-hybridized carbons (Fsp3) is 0.409. The van der Waals surface area contributed by atoms with E-state index in [2.05, 4.69) is 5.32 Å². The highest BCUT2D eigenvalue weighted by Crippen LogP contribution is 2.22. The van der Waals surface area contributed by atoms with Gasteiger partial charge in [0.1, 0.15) is 0 Å². The van der Waals surface area contributed by atoms with Crippen LogP contribution in [0, 0.1) is 6.92 Å². The van der Waals surface area contributed by atoms with Gasteiger partial charge in [0.2, 0.25) is 10.0 Å². The molecular formula is C22H28N2O3S. The van der Waals surface area contributed by atoms with Crippen molar-refractivity contribution in [3.63, 3.8) is 0 Å². The van der Waals surface area contributed by atoms with Gasteiger partial charge in [0.15, 0.2) is 0 Å². The summed E-state index contributed by atoms with van der Waals surface area (Å²) < 4.78 is 26.0. The van der Waals surface area contributed by atoms with Gasteiger partial charge in [-0.25, -0.2) is 8.42 Å². The summed E-state index contributed by atoms with van der Waals surface area (Å²) in [5.74, 6) is -0.0945. The molecule has 0 aliphatic heterocycles. The van der Waals surface area contributed by atoms with E-state index >= 15 is 0 Å². The molecule has 1 N–H and O–H groups in total. The zero-order valence-corrected chi connectivity index (χ0v) is 17.3. The van der Waals surface area contributed by atoms with Gasteiger partial charge >= 0.3 is 0 Å². The maximum atomic E-state index is 12.5. The lowest BCUT2D eigenvalue weighted by molar-refractivity contribution is 0.0927. The summed E-state index contributed by atoms with van der Waals surface area (Å²) >= 11 is 0. The number of sulfonamides is 1. The van der Waals surface area contributed by atoms with Crippen molar-refractivity contribution in [1.82, 2.24) is 5.32 Å². The number of carbonyl (C=O) groups is 1. The Morgan fingerprint density at radius 3 is 2.18 bits per heavy atom. The van der Waals surface area contributed by atoms with Crippen LogP contribution in [0.3, 0.4) is 0 Å². The number of anilines is 1. The van der Waals surface area contributed by atoms with Crippen molar-refractivity contribution in [3.05, 3.63) is 65.2 Å². The fourth-order valence-corrected chi connectivity index (χ4v) is 4.44. The third kappa shape index (κ3) is 5.35. The highest BCUT2D eigenvalue weighted by Gasteiger charge is 2.20. The van der Waals surface area contributed by atoms with Crippen molar-refractivity contribution < 1.29 is 13.2 Å². The molecule has 1 aliphatic rings. The molecule has 3 rings (SSSR count). The second-order valence-electron chi connectivity index (χ2n) is 7.61. The molecule has 2 aromatic carbocycles. The SMILES string of the molecule is Cc1ccc(CN(c2ccc(C(=O)NC3CCCCC3)cc2)S(C)(=O)=O)cc1. The van der Waals surface area contributed by atoms with Crippen LogP contribution in [0.5, 0.6) is 0 Å². The van der Waals surface area contributed by atoms with Crippen LogP contribution in [-0.4, -0.2) is 26.6 Å². The average molecular weight is 401 g/mol. The maximum Gasteiger partial charge on any atom is 0.251 e. The van der Waals surface area contributed by atoms with E-state index in [0.29, 0.717) is 11.3 Å². The molecule has 0 radical (unpaired) electrons. The van der Waals surface area contributed by atoms with Gasteiger partial charge in [-0.3, -0.25) is 9.10 Å². The molecule has 1 fully saturated rings. The van der Waals surface area contributed by atoms with Crippen molar-refractivity contribution in [2.75, 3.05) is 10.6 Å². The number of nitrogens with one attached hydrogen (secondary N) is 1. The summed E-state index contributed by atoms with van der Waals surface area (Å²) in [5, 5.41) is 3.09. The lowest BCUT2D eigenvalue weighted by Gasteiger charge is -2.24. The average Bonchev–Trinajstić information content (AvgIpc) is 2.67. The minimum atomic E-state index is -3.45. The molecule has 0 bridgehead atoms. The van der Waals surface area contributed by atoms with Crippen LogP contribution in [0.1, 0.15) is 53.6 Å². The van der Waals surface area contributed by atoms with Crippen molar-refractivity contribution in [3.8, 4) is 0 Å². The van der Waals surface area contributed by atoms with Gasteiger partial charge < -0.3 is 5.32 Å². The van der Waals surface area contributed by atoms with Crippen molar-refractivity contribution in [2.24, 2.45) is 0 Å². The lowest BCUT2D eigenvalue weighted by Crippen LogP contribution is -2.36. The number of amides is 1. The van der Waals surface area contributed by atoms with Crippen LogP contribution in [0.15, 0.2) is 48.5 Å². The quantitative estimate of drug-likeness (QED) is 0.796. The largest absolute Gasteiger partial charge is 0.349 e.